The molecule has 0 aliphatic rings. The second-order valence-electron chi connectivity index (χ2n) is 6.36. The number of carbonyl (C=O) groups is 1. The summed E-state index contributed by atoms with van der Waals surface area (Å²) in [5.41, 5.74) is 3.06. The number of halogens is 1. The summed E-state index contributed by atoms with van der Waals surface area (Å²) in [6.45, 7) is 3.80. The zero-order valence-corrected chi connectivity index (χ0v) is 16.2. The highest BCUT2D eigenvalue weighted by Gasteiger charge is 2.16. The average molecular weight is 398 g/mol. The van der Waals surface area contributed by atoms with E-state index in [0.29, 0.717) is 5.56 Å². The molecule has 3 rings (SSSR count). The number of rotatable bonds is 5. The lowest BCUT2D eigenvalue weighted by Gasteiger charge is -2.12. The maximum absolute atomic E-state index is 13.2. The van der Waals surface area contributed by atoms with Gasteiger partial charge in [-0.1, -0.05) is 24.3 Å². The number of para-hydroxylation sites is 1. The second kappa shape index (κ2) is 7.82. The van der Waals surface area contributed by atoms with Gasteiger partial charge in [0.2, 0.25) is 0 Å². The van der Waals surface area contributed by atoms with Gasteiger partial charge in [0.05, 0.1) is 10.6 Å². The molecule has 0 spiro atoms. The van der Waals surface area contributed by atoms with Crippen LogP contribution in [0.1, 0.15) is 21.5 Å². The fraction of sp³-hybridized carbons (Fsp3) is 0.0952. The first-order valence-corrected chi connectivity index (χ1v) is 10.0. The molecule has 0 saturated carbocycles. The van der Waals surface area contributed by atoms with E-state index in [1.165, 1.54) is 42.5 Å². The molecule has 28 heavy (non-hydrogen) atoms. The van der Waals surface area contributed by atoms with Crippen LogP contribution in [0.4, 0.5) is 15.8 Å². The van der Waals surface area contributed by atoms with Gasteiger partial charge in [0, 0.05) is 11.3 Å². The highest BCUT2D eigenvalue weighted by atomic mass is 32.2. The third-order valence-corrected chi connectivity index (χ3v) is 5.62. The Labute approximate surface area is 163 Å². The van der Waals surface area contributed by atoms with Crippen molar-refractivity contribution in [3.63, 3.8) is 0 Å². The van der Waals surface area contributed by atoms with Crippen LogP contribution in [0, 0.1) is 19.7 Å². The van der Waals surface area contributed by atoms with Crippen molar-refractivity contribution < 1.29 is 17.6 Å². The highest BCUT2D eigenvalue weighted by molar-refractivity contribution is 7.92. The highest BCUT2D eigenvalue weighted by Crippen LogP contribution is 2.21. The van der Waals surface area contributed by atoms with E-state index >= 15 is 0 Å². The number of amides is 1. The van der Waals surface area contributed by atoms with Gasteiger partial charge in [-0.2, -0.15) is 0 Å². The first-order valence-electron chi connectivity index (χ1n) is 8.52. The zero-order chi connectivity index (χ0) is 20.3. The minimum atomic E-state index is -3.89. The summed E-state index contributed by atoms with van der Waals surface area (Å²) in [6, 6.07) is 16.4. The maximum atomic E-state index is 13.2. The fourth-order valence-electron chi connectivity index (χ4n) is 2.75. The van der Waals surface area contributed by atoms with E-state index in [-0.39, 0.29) is 16.5 Å². The van der Waals surface area contributed by atoms with Crippen LogP contribution in [0.15, 0.2) is 71.6 Å². The molecule has 0 bridgehead atoms. The third-order valence-electron chi connectivity index (χ3n) is 4.22. The molecule has 2 N–H and O–H groups in total. The van der Waals surface area contributed by atoms with E-state index in [1.54, 1.807) is 0 Å². The van der Waals surface area contributed by atoms with E-state index in [2.05, 4.69) is 10.0 Å². The summed E-state index contributed by atoms with van der Waals surface area (Å²) in [4.78, 5) is 12.5. The Bertz CT molecular complexity index is 1110. The number of hydrogen-bond donors (Lipinski definition) is 2. The maximum Gasteiger partial charge on any atom is 0.261 e. The smallest absolute Gasteiger partial charge is 0.261 e. The van der Waals surface area contributed by atoms with Gasteiger partial charge in [-0.15, -0.1) is 0 Å². The molecule has 0 fully saturated rings. The molecule has 0 aromatic heterocycles. The van der Waals surface area contributed by atoms with Gasteiger partial charge in [0.25, 0.3) is 15.9 Å². The lowest BCUT2D eigenvalue weighted by atomic mass is 10.1. The van der Waals surface area contributed by atoms with Crippen molar-refractivity contribution in [3.05, 3.63) is 89.2 Å². The van der Waals surface area contributed by atoms with Crippen LogP contribution in [0.5, 0.6) is 0 Å². The predicted molar refractivity (Wildman–Crippen MR) is 108 cm³/mol. The largest absolute Gasteiger partial charge is 0.322 e. The normalized spacial score (nSPS) is 11.1. The van der Waals surface area contributed by atoms with Crippen LogP contribution in [0.2, 0.25) is 0 Å². The number of sulfonamides is 1. The Morgan fingerprint density at radius 2 is 1.50 bits per heavy atom. The molecule has 0 unspecified atom stereocenters. The predicted octanol–water partition coefficient (Wildman–Crippen LogP) is 4.50. The summed E-state index contributed by atoms with van der Waals surface area (Å²) in [7, 11) is -3.89. The fourth-order valence-corrected chi connectivity index (χ4v) is 3.80. The molecule has 144 valence electrons. The molecule has 0 aliphatic heterocycles. The second-order valence-corrected chi connectivity index (χ2v) is 8.04. The van der Waals surface area contributed by atoms with Crippen molar-refractivity contribution in [3.8, 4) is 0 Å². The standard InChI is InChI=1S/C21H19FN2O3S/c1-14-5-3-6-15(2)20(14)23-21(25)16-9-11-19(12-10-16)28(26,27)24-18-8-4-7-17(22)13-18/h3-13,24H,1-2H3,(H,23,25). The van der Waals surface area contributed by atoms with Crippen LogP contribution >= 0.6 is 0 Å². The first-order chi connectivity index (χ1) is 13.3. The number of benzene rings is 3. The molecule has 0 radical (unpaired) electrons. The third kappa shape index (κ3) is 4.37. The molecule has 1 amide bonds. The summed E-state index contributed by atoms with van der Waals surface area (Å²) in [5.74, 6) is -0.877. The van der Waals surface area contributed by atoms with Gasteiger partial charge in [0.15, 0.2) is 0 Å². The van der Waals surface area contributed by atoms with Crippen molar-refractivity contribution in [2.45, 2.75) is 18.7 Å². The molecule has 3 aromatic rings. The molecule has 7 heteroatoms. The molecule has 0 saturated heterocycles. The topological polar surface area (TPSA) is 75.3 Å². The van der Waals surface area contributed by atoms with Crippen LogP contribution in [-0.4, -0.2) is 14.3 Å². The Morgan fingerprint density at radius 1 is 0.893 bits per heavy atom. The first kappa shape index (κ1) is 19.6. The molecule has 0 aliphatic carbocycles. The summed E-state index contributed by atoms with van der Waals surface area (Å²) < 4.78 is 40.4. The minimum absolute atomic E-state index is 0.0274. The van der Waals surface area contributed by atoms with Gasteiger partial charge in [-0.3, -0.25) is 9.52 Å². The molecule has 0 heterocycles. The number of nitrogens with one attached hydrogen (secondary N) is 2. The molecule has 0 atom stereocenters. The van der Waals surface area contributed by atoms with Crippen molar-refractivity contribution in [1.29, 1.82) is 0 Å². The number of carbonyl (C=O) groups excluding carboxylic acids is 1. The number of anilines is 2. The van der Waals surface area contributed by atoms with E-state index in [4.69, 9.17) is 0 Å². The average Bonchev–Trinajstić information content (AvgIpc) is 2.64. The minimum Gasteiger partial charge on any atom is -0.322 e. The Balaban J connectivity index is 1.78. The van der Waals surface area contributed by atoms with Gasteiger partial charge < -0.3 is 5.32 Å². The van der Waals surface area contributed by atoms with E-state index in [0.717, 1.165) is 22.9 Å². The molecular weight excluding hydrogens is 379 g/mol. The van der Waals surface area contributed by atoms with E-state index in [9.17, 15) is 17.6 Å². The number of hydrogen-bond acceptors (Lipinski definition) is 3. The van der Waals surface area contributed by atoms with Crippen LogP contribution < -0.4 is 10.0 Å². The van der Waals surface area contributed by atoms with E-state index < -0.39 is 15.8 Å². The summed E-state index contributed by atoms with van der Waals surface area (Å²) >= 11 is 0. The van der Waals surface area contributed by atoms with Crippen LogP contribution in [-0.2, 0) is 10.0 Å². The van der Waals surface area contributed by atoms with Crippen molar-refractivity contribution in [2.24, 2.45) is 0 Å². The van der Waals surface area contributed by atoms with E-state index in [1.807, 2.05) is 32.0 Å². The lowest BCUT2D eigenvalue weighted by molar-refractivity contribution is 0.102. The molecule has 5 nitrogen and oxygen atoms in total. The SMILES string of the molecule is Cc1cccc(C)c1NC(=O)c1ccc(S(=O)(=O)Nc2cccc(F)c2)cc1. The lowest BCUT2D eigenvalue weighted by Crippen LogP contribution is -2.15. The Hall–Kier alpha value is -3.19. The number of aryl methyl sites for hydroxylation is 2. The zero-order valence-electron chi connectivity index (χ0n) is 15.4. The van der Waals surface area contributed by atoms with Crippen LogP contribution in [0.25, 0.3) is 0 Å². The van der Waals surface area contributed by atoms with Crippen molar-refractivity contribution >= 4 is 27.3 Å². The van der Waals surface area contributed by atoms with Crippen molar-refractivity contribution in [1.82, 2.24) is 0 Å². The van der Waals surface area contributed by atoms with Gasteiger partial charge >= 0.3 is 0 Å². The van der Waals surface area contributed by atoms with Crippen LogP contribution in [0.3, 0.4) is 0 Å². The summed E-state index contributed by atoms with van der Waals surface area (Å²) in [5, 5.41) is 2.85. The van der Waals surface area contributed by atoms with Gasteiger partial charge in [-0.25, -0.2) is 12.8 Å². The van der Waals surface area contributed by atoms with Gasteiger partial charge in [-0.05, 0) is 67.4 Å². The Kier molecular flexibility index (Phi) is 5.46. The van der Waals surface area contributed by atoms with Gasteiger partial charge in [0.1, 0.15) is 5.82 Å². The summed E-state index contributed by atoms with van der Waals surface area (Å²) in [6.07, 6.45) is 0. The molecule has 3 aromatic carbocycles. The monoisotopic (exact) mass is 398 g/mol. The Morgan fingerprint density at radius 3 is 2.11 bits per heavy atom. The quantitative estimate of drug-likeness (QED) is 0.665. The molecular formula is C21H19FN2O3S. The van der Waals surface area contributed by atoms with Crippen molar-refractivity contribution in [2.75, 3.05) is 10.0 Å².